The van der Waals surface area contributed by atoms with E-state index in [1.807, 2.05) is 0 Å². The van der Waals surface area contributed by atoms with Crippen molar-refractivity contribution in [2.75, 3.05) is 6.54 Å². The van der Waals surface area contributed by atoms with Crippen molar-refractivity contribution in [2.24, 2.45) is 5.73 Å². The number of carbonyl (C=O) groups is 4. The molecule has 0 aliphatic carbocycles. The van der Waals surface area contributed by atoms with Crippen LogP contribution in [0.15, 0.2) is 30.3 Å². The lowest BCUT2D eigenvalue weighted by Crippen LogP contribution is -2.61. The number of rotatable bonds is 10. The van der Waals surface area contributed by atoms with Crippen LogP contribution in [0.1, 0.15) is 32.3 Å². The molecule has 1 fully saturated rings. The first kappa shape index (κ1) is 26.2. The standard InChI is InChI=1S/C22H32N4O7/c1-12(27)17(23)19(29)25-18(13(2)28)20(30)24-15(11-14-7-4-3-5-8-14)21(31)26-10-6-9-16(26)22(32)33/h3-5,7-8,12-13,15-18,27-28H,6,9-11,23H2,1-2H3,(H,24,30)(H,25,29)(H,32,33). The van der Waals surface area contributed by atoms with Gasteiger partial charge in [-0.1, -0.05) is 30.3 Å². The summed E-state index contributed by atoms with van der Waals surface area (Å²) in [6.45, 7) is 2.84. The monoisotopic (exact) mass is 464 g/mol. The lowest BCUT2D eigenvalue weighted by Gasteiger charge is -2.29. The summed E-state index contributed by atoms with van der Waals surface area (Å²) in [5, 5.41) is 33.9. The number of nitrogens with two attached hydrogens (primary N) is 1. The highest BCUT2D eigenvalue weighted by Gasteiger charge is 2.39. The van der Waals surface area contributed by atoms with E-state index in [-0.39, 0.29) is 13.0 Å². The molecule has 0 radical (unpaired) electrons. The van der Waals surface area contributed by atoms with Crippen LogP contribution in [-0.2, 0) is 25.6 Å². The maximum atomic E-state index is 13.3. The van der Waals surface area contributed by atoms with Crippen LogP contribution in [0, 0.1) is 0 Å². The van der Waals surface area contributed by atoms with Gasteiger partial charge in [0.05, 0.1) is 12.2 Å². The van der Waals surface area contributed by atoms with E-state index in [2.05, 4.69) is 10.6 Å². The molecular formula is C22H32N4O7. The number of benzene rings is 1. The normalized spacial score (nSPS) is 20.3. The van der Waals surface area contributed by atoms with E-state index < -0.39 is 60.1 Å². The fourth-order valence-electron chi connectivity index (χ4n) is 3.67. The van der Waals surface area contributed by atoms with Crippen LogP contribution in [-0.4, -0.2) is 86.8 Å². The zero-order valence-electron chi connectivity index (χ0n) is 18.7. The van der Waals surface area contributed by atoms with Crippen LogP contribution in [0.5, 0.6) is 0 Å². The Kier molecular flexibility index (Phi) is 9.32. The molecule has 182 valence electrons. The Morgan fingerprint density at radius 2 is 1.70 bits per heavy atom. The Balaban J connectivity index is 2.24. The summed E-state index contributed by atoms with van der Waals surface area (Å²) < 4.78 is 0. The fraction of sp³-hybridized carbons (Fsp3) is 0.545. The summed E-state index contributed by atoms with van der Waals surface area (Å²) in [4.78, 5) is 51.2. The molecule has 0 saturated carbocycles. The molecule has 7 N–H and O–H groups in total. The molecule has 6 unspecified atom stereocenters. The van der Waals surface area contributed by atoms with E-state index in [1.165, 1.54) is 18.7 Å². The van der Waals surface area contributed by atoms with Crippen LogP contribution in [0.25, 0.3) is 0 Å². The first-order valence-electron chi connectivity index (χ1n) is 10.8. The number of aliphatic hydroxyl groups is 2. The van der Waals surface area contributed by atoms with Crippen molar-refractivity contribution in [3.05, 3.63) is 35.9 Å². The van der Waals surface area contributed by atoms with Crippen LogP contribution in [0.2, 0.25) is 0 Å². The number of carboxylic acids is 1. The van der Waals surface area contributed by atoms with Gasteiger partial charge >= 0.3 is 5.97 Å². The van der Waals surface area contributed by atoms with Gasteiger partial charge in [0.1, 0.15) is 24.2 Å². The van der Waals surface area contributed by atoms with Gasteiger partial charge in [0.25, 0.3) is 0 Å². The van der Waals surface area contributed by atoms with Crippen LogP contribution in [0.4, 0.5) is 0 Å². The summed E-state index contributed by atoms with van der Waals surface area (Å²) in [5.41, 5.74) is 6.33. The van der Waals surface area contributed by atoms with E-state index in [0.29, 0.717) is 12.8 Å². The molecule has 33 heavy (non-hydrogen) atoms. The van der Waals surface area contributed by atoms with Gasteiger partial charge in [0.2, 0.25) is 17.7 Å². The Morgan fingerprint density at radius 3 is 2.24 bits per heavy atom. The lowest BCUT2D eigenvalue weighted by molar-refractivity contribution is -0.149. The first-order valence-corrected chi connectivity index (χ1v) is 10.8. The molecule has 1 aliphatic rings. The predicted molar refractivity (Wildman–Crippen MR) is 118 cm³/mol. The second kappa shape index (κ2) is 11.7. The molecule has 1 aliphatic heterocycles. The lowest BCUT2D eigenvalue weighted by atomic mass is 10.0. The molecule has 2 rings (SSSR count). The van der Waals surface area contributed by atoms with Gasteiger partial charge in [-0.15, -0.1) is 0 Å². The quantitative estimate of drug-likeness (QED) is 0.238. The Morgan fingerprint density at radius 1 is 1.06 bits per heavy atom. The van der Waals surface area contributed by atoms with Crippen molar-refractivity contribution >= 4 is 23.7 Å². The van der Waals surface area contributed by atoms with E-state index >= 15 is 0 Å². The number of carboxylic acid groups (broad SMARTS) is 1. The minimum atomic E-state index is -1.44. The van der Waals surface area contributed by atoms with Gasteiger partial charge in [-0.2, -0.15) is 0 Å². The molecule has 1 aromatic rings. The zero-order chi connectivity index (χ0) is 24.7. The molecule has 0 aromatic heterocycles. The summed E-state index contributed by atoms with van der Waals surface area (Å²) in [6.07, 6.45) is -1.59. The molecule has 0 bridgehead atoms. The molecule has 0 spiro atoms. The van der Waals surface area contributed by atoms with Crippen molar-refractivity contribution in [1.82, 2.24) is 15.5 Å². The molecule has 1 aromatic carbocycles. The van der Waals surface area contributed by atoms with Gasteiger partial charge in [-0.25, -0.2) is 4.79 Å². The summed E-state index contributed by atoms with van der Waals surface area (Å²) in [5.74, 6) is -3.36. The number of nitrogens with one attached hydrogen (secondary N) is 2. The van der Waals surface area contributed by atoms with Crippen molar-refractivity contribution in [3.63, 3.8) is 0 Å². The van der Waals surface area contributed by atoms with Gasteiger partial charge in [-0.05, 0) is 32.3 Å². The Bertz CT molecular complexity index is 846. The number of hydrogen-bond donors (Lipinski definition) is 6. The van der Waals surface area contributed by atoms with Crippen molar-refractivity contribution < 1.29 is 34.5 Å². The van der Waals surface area contributed by atoms with E-state index in [0.717, 1.165) is 5.56 Å². The van der Waals surface area contributed by atoms with Crippen molar-refractivity contribution in [2.45, 2.75) is 69.5 Å². The van der Waals surface area contributed by atoms with Crippen molar-refractivity contribution in [3.8, 4) is 0 Å². The van der Waals surface area contributed by atoms with E-state index in [4.69, 9.17) is 5.73 Å². The number of hydrogen-bond acceptors (Lipinski definition) is 7. The fourth-order valence-corrected chi connectivity index (χ4v) is 3.67. The molecule has 3 amide bonds. The molecular weight excluding hydrogens is 432 g/mol. The molecule has 1 saturated heterocycles. The number of nitrogens with zero attached hydrogens (tertiary/aromatic N) is 1. The molecule has 1 heterocycles. The van der Waals surface area contributed by atoms with E-state index in [9.17, 15) is 34.5 Å². The van der Waals surface area contributed by atoms with Crippen LogP contribution in [0.3, 0.4) is 0 Å². The Labute approximate surface area is 191 Å². The van der Waals surface area contributed by atoms with Gasteiger partial charge in [0.15, 0.2) is 0 Å². The molecule has 11 nitrogen and oxygen atoms in total. The average Bonchev–Trinajstić information content (AvgIpc) is 3.26. The predicted octanol–water partition coefficient (Wildman–Crippen LogP) is -1.64. The third kappa shape index (κ3) is 6.98. The second-order valence-corrected chi connectivity index (χ2v) is 8.27. The van der Waals surface area contributed by atoms with Crippen LogP contribution < -0.4 is 16.4 Å². The maximum Gasteiger partial charge on any atom is 0.326 e. The average molecular weight is 465 g/mol. The summed E-state index contributed by atoms with van der Waals surface area (Å²) in [7, 11) is 0. The highest BCUT2D eigenvalue weighted by atomic mass is 16.4. The minimum absolute atomic E-state index is 0.0852. The number of amides is 3. The van der Waals surface area contributed by atoms with Gasteiger partial charge < -0.3 is 36.6 Å². The maximum absolute atomic E-state index is 13.3. The largest absolute Gasteiger partial charge is 0.480 e. The Hall–Kier alpha value is -3.02. The summed E-state index contributed by atoms with van der Waals surface area (Å²) in [6, 6.07) is 4.00. The third-order valence-corrected chi connectivity index (χ3v) is 5.60. The zero-order valence-corrected chi connectivity index (χ0v) is 18.7. The number of aliphatic carboxylic acids is 1. The summed E-state index contributed by atoms with van der Waals surface area (Å²) >= 11 is 0. The third-order valence-electron chi connectivity index (χ3n) is 5.60. The number of carbonyl (C=O) groups excluding carboxylic acids is 3. The highest BCUT2D eigenvalue weighted by Crippen LogP contribution is 2.20. The SMILES string of the molecule is CC(O)C(N)C(=O)NC(C(=O)NC(Cc1ccccc1)C(=O)N1CCCC1C(=O)O)C(C)O. The molecule has 6 atom stereocenters. The number of likely N-dealkylation sites (tertiary alicyclic amines) is 1. The topological polar surface area (TPSA) is 182 Å². The number of aliphatic hydroxyl groups excluding tert-OH is 2. The highest BCUT2D eigenvalue weighted by molar-refractivity contribution is 5.94. The smallest absolute Gasteiger partial charge is 0.326 e. The van der Waals surface area contributed by atoms with Crippen LogP contribution >= 0.6 is 0 Å². The van der Waals surface area contributed by atoms with Gasteiger partial charge in [-0.3, -0.25) is 14.4 Å². The second-order valence-electron chi connectivity index (χ2n) is 8.27. The minimum Gasteiger partial charge on any atom is -0.480 e. The van der Waals surface area contributed by atoms with E-state index in [1.54, 1.807) is 30.3 Å². The molecule has 11 heteroatoms. The van der Waals surface area contributed by atoms with Gasteiger partial charge in [0, 0.05) is 13.0 Å². The first-order chi connectivity index (χ1) is 15.5. The van der Waals surface area contributed by atoms with Crippen molar-refractivity contribution in [1.29, 1.82) is 0 Å².